The van der Waals surface area contributed by atoms with Gasteiger partial charge in [0.1, 0.15) is 5.52 Å². The molecule has 1 N–H and O–H groups in total. The van der Waals surface area contributed by atoms with E-state index in [1.165, 1.54) is 0 Å². The lowest BCUT2D eigenvalue weighted by Crippen LogP contribution is -2.28. The van der Waals surface area contributed by atoms with Crippen molar-refractivity contribution in [3.8, 4) is 0 Å². The Morgan fingerprint density at radius 2 is 2.16 bits per heavy atom. The summed E-state index contributed by atoms with van der Waals surface area (Å²) in [5, 5.41) is 0.158. The number of hydrogen-bond donors (Lipinski definition) is 1. The van der Waals surface area contributed by atoms with Crippen LogP contribution >= 0.6 is 11.6 Å². The highest BCUT2D eigenvalue weighted by molar-refractivity contribution is 6.28. The van der Waals surface area contributed by atoms with E-state index in [1.54, 1.807) is 17.9 Å². The quantitative estimate of drug-likeness (QED) is 0.854. The summed E-state index contributed by atoms with van der Waals surface area (Å²) in [6, 6.07) is 0.151. The molecule has 2 aromatic heterocycles. The number of fused-ring (bicyclic) bond motifs is 1. The number of rotatable bonds is 2. The lowest BCUT2D eigenvalue weighted by molar-refractivity contribution is 0.0585. The van der Waals surface area contributed by atoms with Crippen LogP contribution in [0, 0.1) is 0 Å². The maximum atomic E-state index is 12.1. The first kappa shape index (κ1) is 12.6. The second-order valence-electron chi connectivity index (χ2n) is 4.84. The summed E-state index contributed by atoms with van der Waals surface area (Å²) in [5.41, 5.74) is 1.07. The first-order valence-corrected chi connectivity index (χ1v) is 6.72. The predicted molar refractivity (Wildman–Crippen MR) is 71.5 cm³/mol. The van der Waals surface area contributed by atoms with E-state index in [4.69, 9.17) is 16.3 Å². The molecular formula is C12H15ClN4O2. The smallest absolute Gasteiger partial charge is 0.327 e. The van der Waals surface area contributed by atoms with E-state index < -0.39 is 0 Å². The maximum absolute atomic E-state index is 12.1. The topological polar surface area (TPSA) is 72.8 Å². The Kier molecular flexibility index (Phi) is 3.28. The first-order chi connectivity index (χ1) is 9.19. The molecular weight excluding hydrogens is 268 g/mol. The zero-order valence-corrected chi connectivity index (χ0v) is 11.4. The minimum absolute atomic E-state index is 0.146. The van der Waals surface area contributed by atoms with Crippen LogP contribution in [0.25, 0.3) is 11.2 Å². The van der Waals surface area contributed by atoms with Gasteiger partial charge in [0.2, 0.25) is 5.28 Å². The number of aromatic amines is 1. The van der Waals surface area contributed by atoms with Gasteiger partial charge in [0.25, 0.3) is 0 Å². The highest BCUT2D eigenvalue weighted by Crippen LogP contribution is 2.30. The van der Waals surface area contributed by atoms with Gasteiger partial charge >= 0.3 is 5.69 Å². The second kappa shape index (κ2) is 4.94. The summed E-state index contributed by atoms with van der Waals surface area (Å²) in [7, 11) is 1.73. The molecule has 1 aliphatic carbocycles. The minimum Gasteiger partial charge on any atom is -0.381 e. The van der Waals surface area contributed by atoms with Gasteiger partial charge in [0, 0.05) is 13.2 Å². The van der Waals surface area contributed by atoms with Crippen molar-refractivity contribution < 1.29 is 4.74 Å². The van der Waals surface area contributed by atoms with E-state index in [0.29, 0.717) is 17.3 Å². The second-order valence-corrected chi connectivity index (χ2v) is 5.18. The molecule has 0 aromatic carbocycles. The average Bonchev–Trinajstić information content (AvgIpc) is 2.74. The van der Waals surface area contributed by atoms with Gasteiger partial charge in [-0.15, -0.1) is 0 Å². The van der Waals surface area contributed by atoms with Gasteiger partial charge in [-0.3, -0.25) is 4.57 Å². The van der Waals surface area contributed by atoms with Crippen LogP contribution in [0.4, 0.5) is 0 Å². The van der Waals surface area contributed by atoms with Crippen molar-refractivity contribution in [2.24, 2.45) is 0 Å². The van der Waals surface area contributed by atoms with Gasteiger partial charge in [0.15, 0.2) is 5.65 Å². The number of aromatic nitrogens is 4. The standard InChI is InChI=1S/C12H15ClN4O2/c1-19-8-4-2-7(3-5-8)17-10-9(15-12(17)18)6-14-11(13)16-10/h6-8H,2-5H2,1H3,(H,15,18). The number of hydrogen-bond acceptors (Lipinski definition) is 4. The fourth-order valence-corrected chi connectivity index (χ4v) is 2.90. The lowest BCUT2D eigenvalue weighted by atomic mass is 9.93. The van der Waals surface area contributed by atoms with Crippen LogP contribution in [0.3, 0.4) is 0 Å². The first-order valence-electron chi connectivity index (χ1n) is 6.34. The van der Waals surface area contributed by atoms with E-state index in [1.807, 2.05) is 0 Å². The summed E-state index contributed by atoms with van der Waals surface area (Å²) in [4.78, 5) is 22.9. The molecule has 1 fully saturated rings. The molecule has 19 heavy (non-hydrogen) atoms. The Labute approximate surface area is 114 Å². The van der Waals surface area contributed by atoms with Crippen molar-refractivity contribution >= 4 is 22.8 Å². The molecule has 1 saturated carbocycles. The van der Waals surface area contributed by atoms with Crippen molar-refractivity contribution in [1.29, 1.82) is 0 Å². The van der Waals surface area contributed by atoms with Crippen LogP contribution in [0.2, 0.25) is 5.28 Å². The van der Waals surface area contributed by atoms with Crippen LogP contribution < -0.4 is 5.69 Å². The Bertz CT molecular complexity index is 643. The molecule has 2 aromatic rings. The highest BCUT2D eigenvalue weighted by atomic mass is 35.5. The largest absolute Gasteiger partial charge is 0.381 e. The van der Waals surface area contributed by atoms with Crippen molar-refractivity contribution in [3.63, 3.8) is 0 Å². The molecule has 7 heteroatoms. The van der Waals surface area contributed by atoms with Crippen LogP contribution in [0.15, 0.2) is 11.0 Å². The molecule has 0 aliphatic heterocycles. The number of imidazole rings is 1. The summed E-state index contributed by atoms with van der Waals surface area (Å²) < 4.78 is 7.05. The summed E-state index contributed by atoms with van der Waals surface area (Å²) in [5.74, 6) is 0. The highest BCUT2D eigenvalue weighted by Gasteiger charge is 2.25. The third-order valence-electron chi connectivity index (χ3n) is 3.77. The Balaban J connectivity index is 1.98. The van der Waals surface area contributed by atoms with Crippen molar-refractivity contribution in [2.75, 3.05) is 7.11 Å². The Hall–Kier alpha value is -1.40. The molecule has 0 amide bonds. The molecule has 0 spiro atoms. The van der Waals surface area contributed by atoms with E-state index >= 15 is 0 Å². The molecule has 0 saturated heterocycles. The van der Waals surface area contributed by atoms with E-state index in [2.05, 4.69) is 15.0 Å². The Morgan fingerprint density at radius 1 is 1.42 bits per heavy atom. The number of methoxy groups -OCH3 is 1. The van der Waals surface area contributed by atoms with E-state index in [-0.39, 0.29) is 17.0 Å². The number of nitrogens with zero attached hydrogens (tertiary/aromatic N) is 3. The number of halogens is 1. The van der Waals surface area contributed by atoms with Crippen LogP contribution in [0.1, 0.15) is 31.7 Å². The molecule has 1 aliphatic rings. The molecule has 3 rings (SSSR count). The van der Waals surface area contributed by atoms with Crippen molar-refractivity contribution in [1.82, 2.24) is 19.5 Å². The van der Waals surface area contributed by atoms with Crippen LogP contribution in [-0.2, 0) is 4.74 Å². The van der Waals surface area contributed by atoms with Gasteiger partial charge in [-0.1, -0.05) is 0 Å². The normalized spacial score (nSPS) is 23.9. The van der Waals surface area contributed by atoms with Crippen molar-refractivity contribution in [3.05, 3.63) is 22.0 Å². The maximum Gasteiger partial charge on any atom is 0.327 e. The number of nitrogens with one attached hydrogen (secondary N) is 1. The van der Waals surface area contributed by atoms with Crippen LogP contribution in [-0.4, -0.2) is 32.7 Å². The zero-order valence-electron chi connectivity index (χ0n) is 10.6. The lowest BCUT2D eigenvalue weighted by Gasteiger charge is -2.28. The number of ether oxygens (including phenoxy) is 1. The summed E-state index contributed by atoms with van der Waals surface area (Å²) in [6.07, 6.45) is 5.58. The summed E-state index contributed by atoms with van der Waals surface area (Å²) >= 11 is 5.81. The molecule has 0 unspecified atom stereocenters. The molecule has 6 nitrogen and oxygen atoms in total. The molecule has 0 bridgehead atoms. The predicted octanol–water partition coefficient (Wildman–Crippen LogP) is 1.90. The van der Waals surface area contributed by atoms with E-state index in [0.717, 1.165) is 25.7 Å². The average molecular weight is 283 g/mol. The SMILES string of the molecule is COC1CCC(n2c(=O)[nH]c3cnc(Cl)nc32)CC1. The monoisotopic (exact) mass is 282 g/mol. The molecule has 2 heterocycles. The van der Waals surface area contributed by atoms with Gasteiger partial charge in [-0.05, 0) is 37.3 Å². The minimum atomic E-state index is -0.146. The summed E-state index contributed by atoms with van der Waals surface area (Å²) in [6.45, 7) is 0. The van der Waals surface area contributed by atoms with Gasteiger partial charge in [0.05, 0.1) is 12.3 Å². The fourth-order valence-electron chi connectivity index (χ4n) is 2.77. The zero-order chi connectivity index (χ0) is 13.4. The van der Waals surface area contributed by atoms with Gasteiger partial charge < -0.3 is 9.72 Å². The van der Waals surface area contributed by atoms with Crippen LogP contribution in [0.5, 0.6) is 0 Å². The fraction of sp³-hybridized carbons (Fsp3) is 0.583. The third-order valence-corrected chi connectivity index (χ3v) is 3.95. The van der Waals surface area contributed by atoms with Gasteiger partial charge in [-0.2, -0.15) is 4.98 Å². The van der Waals surface area contributed by atoms with Gasteiger partial charge in [-0.25, -0.2) is 9.78 Å². The molecule has 0 radical (unpaired) electrons. The molecule has 102 valence electrons. The Morgan fingerprint density at radius 3 is 2.84 bits per heavy atom. The molecule has 0 atom stereocenters. The van der Waals surface area contributed by atoms with E-state index in [9.17, 15) is 4.79 Å². The van der Waals surface area contributed by atoms with Crippen molar-refractivity contribution in [2.45, 2.75) is 37.8 Å². The third kappa shape index (κ3) is 2.26. The number of H-pyrrole nitrogens is 1.